The first-order chi connectivity index (χ1) is 16.8. The number of rotatable bonds is 9. The van der Waals surface area contributed by atoms with E-state index in [1.807, 2.05) is 69.3 Å². The fourth-order valence-electron chi connectivity index (χ4n) is 4.39. The van der Waals surface area contributed by atoms with Gasteiger partial charge in [0, 0.05) is 23.5 Å². The molecule has 2 aromatic carbocycles. The van der Waals surface area contributed by atoms with Gasteiger partial charge in [-0.05, 0) is 38.8 Å². The van der Waals surface area contributed by atoms with Crippen LogP contribution >= 0.6 is 0 Å². The Morgan fingerprint density at radius 1 is 1.03 bits per heavy atom. The lowest BCUT2D eigenvalue weighted by Gasteiger charge is -2.37. The average Bonchev–Trinajstić information content (AvgIpc) is 2.84. The minimum absolute atomic E-state index is 0.367. The van der Waals surface area contributed by atoms with Gasteiger partial charge in [0.1, 0.15) is 12.4 Å². The molecule has 0 saturated carbocycles. The van der Waals surface area contributed by atoms with Gasteiger partial charge in [-0.3, -0.25) is 4.90 Å². The minimum Gasteiger partial charge on any atom is -0.489 e. The summed E-state index contributed by atoms with van der Waals surface area (Å²) < 4.78 is 11.4. The summed E-state index contributed by atoms with van der Waals surface area (Å²) >= 11 is 0. The summed E-state index contributed by atoms with van der Waals surface area (Å²) in [4.78, 5) is 27.2. The quantitative estimate of drug-likeness (QED) is 0.489. The number of aryl methyl sites for hydroxylation is 1. The molecular formula is C28H35N3O4. The normalized spacial score (nSPS) is 15.5. The molecule has 0 aliphatic carbocycles. The van der Waals surface area contributed by atoms with Crippen LogP contribution in [0.5, 0.6) is 5.75 Å². The first-order valence-corrected chi connectivity index (χ1v) is 11.9. The summed E-state index contributed by atoms with van der Waals surface area (Å²) in [7, 11) is 1.35. The van der Waals surface area contributed by atoms with Crippen molar-refractivity contribution in [2.75, 3.05) is 13.7 Å². The number of nitrogens with zero attached hydrogens (tertiary/aromatic N) is 1. The Morgan fingerprint density at radius 3 is 2.34 bits per heavy atom. The monoisotopic (exact) mass is 477 g/mol. The number of benzene rings is 2. The molecule has 1 aliphatic heterocycles. The molecule has 0 radical (unpaired) electrons. The van der Waals surface area contributed by atoms with Crippen LogP contribution in [0, 0.1) is 6.92 Å². The molecule has 1 unspecified atom stereocenters. The summed E-state index contributed by atoms with van der Waals surface area (Å²) in [5.41, 5.74) is 11.3. The Balaban J connectivity index is 2.12. The van der Waals surface area contributed by atoms with Gasteiger partial charge in [0.05, 0.1) is 24.3 Å². The van der Waals surface area contributed by atoms with Crippen LogP contribution in [0.25, 0.3) is 0 Å². The molecule has 3 rings (SSSR count). The zero-order valence-corrected chi connectivity index (χ0v) is 21.2. The van der Waals surface area contributed by atoms with E-state index in [0.29, 0.717) is 35.9 Å². The summed E-state index contributed by atoms with van der Waals surface area (Å²) in [6.07, 6.45) is 1.66. The van der Waals surface area contributed by atoms with Crippen molar-refractivity contribution in [1.82, 2.24) is 10.2 Å². The number of carbonyl (C=O) groups excluding carboxylic acids is 2. The number of allylic oxidation sites excluding steroid dienone is 3. The topological polar surface area (TPSA) is 93.9 Å². The second kappa shape index (κ2) is 11.6. The van der Waals surface area contributed by atoms with Crippen LogP contribution in [0.2, 0.25) is 0 Å². The Labute approximate surface area is 207 Å². The van der Waals surface area contributed by atoms with Gasteiger partial charge in [-0.1, -0.05) is 61.4 Å². The zero-order valence-electron chi connectivity index (χ0n) is 21.2. The SMILES string of the molecule is CCCCN(C(N)=O)C1=C(C)NC(C)=C(C(=O)OC)C1c1ccccc1OCc1ccc(C)cc1. The van der Waals surface area contributed by atoms with E-state index >= 15 is 0 Å². The molecule has 186 valence electrons. The van der Waals surface area contributed by atoms with Gasteiger partial charge < -0.3 is 20.5 Å². The van der Waals surface area contributed by atoms with E-state index in [2.05, 4.69) is 12.2 Å². The van der Waals surface area contributed by atoms with E-state index in [-0.39, 0.29) is 0 Å². The summed E-state index contributed by atoms with van der Waals surface area (Å²) in [5.74, 6) is -0.445. The molecule has 1 heterocycles. The molecule has 7 heteroatoms. The van der Waals surface area contributed by atoms with Crippen LogP contribution in [0.3, 0.4) is 0 Å². The van der Waals surface area contributed by atoms with E-state index < -0.39 is 17.9 Å². The van der Waals surface area contributed by atoms with Gasteiger partial charge >= 0.3 is 12.0 Å². The molecule has 2 aromatic rings. The van der Waals surface area contributed by atoms with Gasteiger partial charge in [0.25, 0.3) is 0 Å². The number of unbranched alkanes of at least 4 members (excludes halogenated alkanes) is 1. The van der Waals surface area contributed by atoms with Crippen LogP contribution in [0.15, 0.2) is 71.2 Å². The summed E-state index contributed by atoms with van der Waals surface area (Å²) in [6, 6.07) is 15.2. The average molecular weight is 478 g/mol. The standard InChI is InChI=1S/C28H35N3O4/c1-6-7-16-31(28(29)33)26-20(4)30-19(3)24(27(32)34-5)25(26)22-10-8-9-11-23(22)35-17-21-14-12-18(2)13-15-21/h8-15,25,30H,6-7,16-17H2,1-5H3,(H2,29,33). The molecule has 0 spiro atoms. The van der Waals surface area contributed by atoms with Crippen molar-refractivity contribution >= 4 is 12.0 Å². The largest absolute Gasteiger partial charge is 0.489 e. The third-order valence-corrected chi connectivity index (χ3v) is 6.17. The lowest BCUT2D eigenvalue weighted by Crippen LogP contribution is -2.42. The molecule has 1 aliphatic rings. The van der Waals surface area contributed by atoms with Crippen molar-refractivity contribution in [1.29, 1.82) is 0 Å². The van der Waals surface area contributed by atoms with E-state index in [1.165, 1.54) is 12.7 Å². The fraction of sp³-hybridized carbons (Fsp3) is 0.357. The molecule has 0 fully saturated rings. The molecule has 1 atom stereocenters. The molecule has 0 aromatic heterocycles. The highest BCUT2D eigenvalue weighted by molar-refractivity contribution is 5.93. The minimum atomic E-state index is -0.595. The van der Waals surface area contributed by atoms with Crippen molar-refractivity contribution in [2.24, 2.45) is 5.73 Å². The van der Waals surface area contributed by atoms with Crippen molar-refractivity contribution in [2.45, 2.75) is 53.1 Å². The maximum atomic E-state index is 13.0. The molecule has 35 heavy (non-hydrogen) atoms. The van der Waals surface area contributed by atoms with Crippen LogP contribution < -0.4 is 15.8 Å². The Morgan fingerprint density at radius 2 is 1.71 bits per heavy atom. The van der Waals surface area contributed by atoms with Crippen molar-refractivity contribution < 1.29 is 19.1 Å². The molecule has 3 N–H and O–H groups in total. The number of ether oxygens (including phenoxy) is 2. The number of dihydropyridines is 1. The van der Waals surface area contributed by atoms with Crippen LogP contribution in [-0.2, 0) is 16.1 Å². The van der Waals surface area contributed by atoms with Gasteiger partial charge in [-0.15, -0.1) is 0 Å². The predicted octanol–water partition coefficient (Wildman–Crippen LogP) is 5.12. The summed E-state index contributed by atoms with van der Waals surface area (Å²) in [6.45, 7) is 8.62. The number of hydrogen-bond acceptors (Lipinski definition) is 5. The first kappa shape index (κ1) is 25.9. The third-order valence-electron chi connectivity index (χ3n) is 6.17. The zero-order chi connectivity index (χ0) is 25.5. The summed E-state index contributed by atoms with van der Waals surface area (Å²) in [5, 5.41) is 3.26. The molecule has 2 amide bonds. The second-order valence-electron chi connectivity index (χ2n) is 8.75. The number of amides is 2. The van der Waals surface area contributed by atoms with Gasteiger partial charge in [0.2, 0.25) is 0 Å². The van der Waals surface area contributed by atoms with Gasteiger partial charge in [-0.25, -0.2) is 9.59 Å². The Kier molecular flexibility index (Phi) is 8.58. The highest BCUT2D eigenvalue weighted by Gasteiger charge is 2.39. The first-order valence-electron chi connectivity index (χ1n) is 11.9. The molecular weight excluding hydrogens is 442 g/mol. The van der Waals surface area contributed by atoms with Crippen LogP contribution in [0.1, 0.15) is 56.2 Å². The third kappa shape index (κ3) is 5.85. The number of para-hydroxylation sites is 1. The van der Waals surface area contributed by atoms with Gasteiger partial charge in [0.15, 0.2) is 0 Å². The van der Waals surface area contributed by atoms with Crippen molar-refractivity contribution in [3.8, 4) is 5.75 Å². The highest BCUT2D eigenvalue weighted by Crippen LogP contribution is 2.43. The lowest BCUT2D eigenvalue weighted by atomic mass is 9.82. The number of methoxy groups -OCH3 is 1. The van der Waals surface area contributed by atoms with E-state index in [9.17, 15) is 9.59 Å². The maximum Gasteiger partial charge on any atom is 0.336 e. The van der Waals surface area contributed by atoms with Crippen LogP contribution in [-0.4, -0.2) is 30.6 Å². The van der Waals surface area contributed by atoms with E-state index in [1.54, 1.807) is 4.90 Å². The number of urea groups is 1. The Hall–Kier alpha value is -3.74. The smallest absolute Gasteiger partial charge is 0.336 e. The molecule has 0 saturated heterocycles. The molecule has 0 bridgehead atoms. The Bertz CT molecular complexity index is 1140. The number of hydrogen-bond donors (Lipinski definition) is 2. The van der Waals surface area contributed by atoms with Gasteiger partial charge in [-0.2, -0.15) is 0 Å². The number of esters is 1. The number of primary amides is 1. The highest BCUT2D eigenvalue weighted by atomic mass is 16.5. The molecule has 7 nitrogen and oxygen atoms in total. The predicted molar refractivity (Wildman–Crippen MR) is 136 cm³/mol. The van der Waals surface area contributed by atoms with Crippen molar-refractivity contribution in [3.05, 3.63) is 87.9 Å². The van der Waals surface area contributed by atoms with Crippen LogP contribution in [0.4, 0.5) is 4.79 Å². The number of carbonyl (C=O) groups is 2. The number of nitrogens with one attached hydrogen (secondary N) is 1. The fourth-order valence-corrected chi connectivity index (χ4v) is 4.39. The van der Waals surface area contributed by atoms with E-state index in [0.717, 1.165) is 29.7 Å². The van der Waals surface area contributed by atoms with Crippen molar-refractivity contribution in [3.63, 3.8) is 0 Å². The van der Waals surface area contributed by atoms with E-state index in [4.69, 9.17) is 15.2 Å². The maximum absolute atomic E-state index is 13.0. The second-order valence-corrected chi connectivity index (χ2v) is 8.75. The number of nitrogens with two attached hydrogens (primary N) is 1. The lowest BCUT2D eigenvalue weighted by molar-refractivity contribution is -0.136.